The summed E-state index contributed by atoms with van der Waals surface area (Å²) in [5.74, 6) is 0.911. The molecular weight excluding hydrogens is 222 g/mol. The second-order valence-corrected chi connectivity index (χ2v) is 5.79. The molecule has 108 valence electrons. The fraction of sp³-hybridized carbons (Fsp3) is 1.00. The van der Waals surface area contributed by atoms with Crippen LogP contribution in [-0.4, -0.2) is 25.3 Å². The third kappa shape index (κ3) is 3.96. The molecule has 0 bridgehead atoms. The van der Waals surface area contributed by atoms with Crippen molar-refractivity contribution >= 4 is 0 Å². The lowest BCUT2D eigenvalue weighted by Gasteiger charge is -2.41. The molecule has 1 fully saturated rings. The van der Waals surface area contributed by atoms with E-state index in [4.69, 9.17) is 4.74 Å². The minimum atomic E-state index is 0.0426. The lowest BCUT2D eigenvalue weighted by Crippen LogP contribution is -2.51. The molecular formula is C16H33NO. The van der Waals surface area contributed by atoms with E-state index in [2.05, 4.69) is 33.1 Å². The van der Waals surface area contributed by atoms with E-state index in [0.717, 1.165) is 25.4 Å². The molecule has 0 aliphatic heterocycles. The smallest absolute Gasteiger partial charge is 0.0829 e. The molecule has 0 amide bonds. The molecule has 0 aromatic carbocycles. The molecule has 0 aromatic heterocycles. The van der Waals surface area contributed by atoms with E-state index in [1.807, 2.05) is 0 Å². The van der Waals surface area contributed by atoms with Gasteiger partial charge in [0.2, 0.25) is 0 Å². The van der Waals surface area contributed by atoms with Gasteiger partial charge >= 0.3 is 0 Å². The molecule has 2 heteroatoms. The van der Waals surface area contributed by atoms with Crippen molar-refractivity contribution in [2.75, 3.05) is 13.7 Å². The van der Waals surface area contributed by atoms with E-state index in [-0.39, 0.29) is 5.60 Å². The average molecular weight is 255 g/mol. The Morgan fingerprint density at radius 1 is 1.11 bits per heavy atom. The van der Waals surface area contributed by atoms with Crippen molar-refractivity contribution in [3.8, 4) is 0 Å². The highest BCUT2D eigenvalue weighted by Gasteiger charge is 2.36. The Kier molecular flexibility index (Phi) is 7.25. The number of hydrogen-bond donors (Lipinski definition) is 1. The van der Waals surface area contributed by atoms with Gasteiger partial charge in [-0.15, -0.1) is 0 Å². The molecule has 1 atom stereocenters. The monoisotopic (exact) mass is 255 g/mol. The fourth-order valence-corrected chi connectivity index (χ4v) is 3.69. The molecule has 18 heavy (non-hydrogen) atoms. The second kappa shape index (κ2) is 8.16. The highest BCUT2D eigenvalue weighted by molar-refractivity contribution is 4.92. The van der Waals surface area contributed by atoms with E-state index in [9.17, 15) is 0 Å². The zero-order valence-electron chi connectivity index (χ0n) is 12.9. The summed E-state index contributed by atoms with van der Waals surface area (Å²) in [6.07, 6.45) is 10.7. The quantitative estimate of drug-likeness (QED) is 0.704. The van der Waals surface area contributed by atoms with Crippen LogP contribution in [0.25, 0.3) is 0 Å². The average Bonchev–Trinajstić information content (AvgIpc) is 2.44. The maximum absolute atomic E-state index is 6.16. The zero-order valence-corrected chi connectivity index (χ0v) is 12.9. The first-order chi connectivity index (χ1) is 8.72. The Labute approximate surface area is 114 Å². The highest BCUT2D eigenvalue weighted by Crippen LogP contribution is 2.33. The molecule has 0 saturated heterocycles. The van der Waals surface area contributed by atoms with Crippen LogP contribution in [0.2, 0.25) is 0 Å². The molecule has 2 nitrogen and oxygen atoms in total. The maximum Gasteiger partial charge on any atom is 0.0829 e. The van der Waals surface area contributed by atoms with Crippen LogP contribution in [0, 0.1) is 5.92 Å². The van der Waals surface area contributed by atoms with Gasteiger partial charge in [0.15, 0.2) is 0 Å². The number of ether oxygens (including phenoxy) is 1. The van der Waals surface area contributed by atoms with Gasteiger partial charge in [-0.1, -0.05) is 46.0 Å². The molecule has 1 rings (SSSR count). The summed E-state index contributed by atoms with van der Waals surface area (Å²) in [7, 11) is 2.10. The standard InChI is InChI=1S/C16H33NO/c1-5-16(6-2,18-7-3)15(17-4)13-14-11-9-8-10-12-14/h14-15,17H,5-13H2,1-4H3. The first-order valence-corrected chi connectivity index (χ1v) is 8.03. The van der Waals surface area contributed by atoms with Crippen LogP contribution >= 0.6 is 0 Å². The van der Waals surface area contributed by atoms with Crippen molar-refractivity contribution in [2.45, 2.75) is 83.8 Å². The van der Waals surface area contributed by atoms with E-state index < -0.39 is 0 Å². The minimum absolute atomic E-state index is 0.0426. The van der Waals surface area contributed by atoms with Gasteiger partial charge in [-0.05, 0) is 39.2 Å². The molecule has 1 aliphatic rings. The van der Waals surface area contributed by atoms with Gasteiger partial charge in [-0.3, -0.25) is 0 Å². The van der Waals surface area contributed by atoms with Crippen LogP contribution in [-0.2, 0) is 4.74 Å². The third-order valence-electron chi connectivity index (χ3n) is 4.91. The Morgan fingerprint density at radius 2 is 1.72 bits per heavy atom. The largest absolute Gasteiger partial charge is 0.374 e. The predicted octanol–water partition coefficient (Wildman–Crippen LogP) is 4.14. The van der Waals surface area contributed by atoms with E-state index in [1.54, 1.807) is 0 Å². The van der Waals surface area contributed by atoms with Crippen LogP contribution < -0.4 is 5.32 Å². The summed E-state index contributed by atoms with van der Waals surface area (Å²) in [6.45, 7) is 7.48. The van der Waals surface area contributed by atoms with Gasteiger partial charge in [0.05, 0.1) is 5.60 Å². The van der Waals surface area contributed by atoms with Crippen molar-refractivity contribution in [3.63, 3.8) is 0 Å². The Bertz CT molecular complexity index is 207. The van der Waals surface area contributed by atoms with E-state index >= 15 is 0 Å². The summed E-state index contributed by atoms with van der Waals surface area (Å²) < 4.78 is 6.16. The number of likely N-dealkylation sites (N-methyl/N-ethyl adjacent to an activating group) is 1. The van der Waals surface area contributed by atoms with Crippen LogP contribution in [0.1, 0.15) is 72.1 Å². The number of nitrogens with one attached hydrogen (secondary N) is 1. The highest BCUT2D eigenvalue weighted by atomic mass is 16.5. The van der Waals surface area contributed by atoms with Gasteiger partial charge in [-0.2, -0.15) is 0 Å². The molecule has 1 N–H and O–H groups in total. The van der Waals surface area contributed by atoms with Crippen molar-refractivity contribution in [3.05, 3.63) is 0 Å². The van der Waals surface area contributed by atoms with Gasteiger partial charge in [0, 0.05) is 12.6 Å². The molecule has 0 spiro atoms. The van der Waals surface area contributed by atoms with Gasteiger partial charge in [0.25, 0.3) is 0 Å². The van der Waals surface area contributed by atoms with Crippen molar-refractivity contribution < 1.29 is 4.74 Å². The van der Waals surface area contributed by atoms with E-state index in [1.165, 1.54) is 38.5 Å². The first-order valence-electron chi connectivity index (χ1n) is 8.03. The van der Waals surface area contributed by atoms with Crippen molar-refractivity contribution in [1.29, 1.82) is 0 Å². The normalized spacial score (nSPS) is 20.0. The third-order valence-corrected chi connectivity index (χ3v) is 4.91. The van der Waals surface area contributed by atoms with Crippen LogP contribution in [0.5, 0.6) is 0 Å². The fourth-order valence-electron chi connectivity index (χ4n) is 3.69. The minimum Gasteiger partial charge on any atom is -0.374 e. The Balaban J connectivity index is 2.65. The topological polar surface area (TPSA) is 21.3 Å². The van der Waals surface area contributed by atoms with Gasteiger partial charge in [-0.25, -0.2) is 0 Å². The van der Waals surface area contributed by atoms with Crippen LogP contribution in [0.15, 0.2) is 0 Å². The molecule has 1 aliphatic carbocycles. The van der Waals surface area contributed by atoms with E-state index in [0.29, 0.717) is 6.04 Å². The SMILES string of the molecule is CCOC(CC)(CC)C(CC1CCCCC1)NC. The van der Waals surface area contributed by atoms with Gasteiger partial charge < -0.3 is 10.1 Å². The second-order valence-electron chi connectivity index (χ2n) is 5.79. The Hall–Kier alpha value is -0.0800. The zero-order chi connectivity index (χ0) is 13.4. The van der Waals surface area contributed by atoms with Crippen molar-refractivity contribution in [1.82, 2.24) is 5.32 Å². The number of hydrogen-bond acceptors (Lipinski definition) is 2. The summed E-state index contributed by atoms with van der Waals surface area (Å²) in [5.41, 5.74) is 0.0426. The molecule has 1 saturated carbocycles. The molecule has 0 radical (unpaired) electrons. The van der Waals surface area contributed by atoms with Gasteiger partial charge in [0.1, 0.15) is 0 Å². The lowest BCUT2D eigenvalue weighted by atomic mass is 9.78. The van der Waals surface area contributed by atoms with Crippen LogP contribution in [0.3, 0.4) is 0 Å². The summed E-state index contributed by atoms with van der Waals surface area (Å²) in [4.78, 5) is 0. The summed E-state index contributed by atoms with van der Waals surface area (Å²) >= 11 is 0. The maximum atomic E-state index is 6.16. The lowest BCUT2D eigenvalue weighted by molar-refractivity contribution is -0.0760. The first kappa shape index (κ1) is 16.0. The Morgan fingerprint density at radius 3 is 2.17 bits per heavy atom. The predicted molar refractivity (Wildman–Crippen MR) is 79.0 cm³/mol. The molecule has 0 heterocycles. The number of rotatable bonds is 8. The molecule has 0 aromatic rings. The van der Waals surface area contributed by atoms with Crippen LogP contribution in [0.4, 0.5) is 0 Å². The summed E-state index contributed by atoms with van der Waals surface area (Å²) in [6, 6.07) is 0.510. The molecule has 1 unspecified atom stereocenters. The van der Waals surface area contributed by atoms with Crippen molar-refractivity contribution in [2.24, 2.45) is 5.92 Å². The summed E-state index contributed by atoms with van der Waals surface area (Å²) in [5, 5.41) is 3.55.